The fourth-order valence-corrected chi connectivity index (χ4v) is 2.10. The van der Waals surface area contributed by atoms with E-state index in [-0.39, 0.29) is 23.7 Å². The van der Waals surface area contributed by atoms with Gasteiger partial charge in [-0.25, -0.2) is 0 Å². The highest BCUT2D eigenvalue weighted by Crippen LogP contribution is 2.27. The highest BCUT2D eigenvalue weighted by molar-refractivity contribution is 5.85. The number of carbonyl (C=O) groups excluding carboxylic acids is 1. The first-order chi connectivity index (χ1) is 8.14. The van der Waals surface area contributed by atoms with Crippen molar-refractivity contribution in [3.8, 4) is 0 Å². The summed E-state index contributed by atoms with van der Waals surface area (Å²) in [6.45, 7) is 6.12. The molecule has 108 valence electrons. The highest BCUT2D eigenvalue weighted by Gasteiger charge is 2.38. The van der Waals surface area contributed by atoms with Crippen LogP contribution >= 0.6 is 12.4 Å². The van der Waals surface area contributed by atoms with Gasteiger partial charge in [-0.2, -0.15) is 0 Å². The molecule has 1 atom stereocenters. The van der Waals surface area contributed by atoms with E-state index in [1.807, 2.05) is 11.8 Å². The third kappa shape index (κ3) is 4.72. The SMILES string of the molecule is COCCN(CCOC)C(=O)C1(C)CCNC1.Cl. The van der Waals surface area contributed by atoms with Crippen molar-refractivity contribution in [3.63, 3.8) is 0 Å². The largest absolute Gasteiger partial charge is 0.383 e. The number of nitrogens with zero attached hydrogens (tertiary/aromatic N) is 1. The fourth-order valence-electron chi connectivity index (χ4n) is 2.10. The van der Waals surface area contributed by atoms with Gasteiger partial charge < -0.3 is 19.7 Å². The van der Waals surface area contributed by atoms with E-state index in [0.717, 1.165) is 19.5 Å². The number of hydrogen-bond acceptors (Lipinski definition) is 4. The van der Waals surface area contributed by atoms with Crippen LogP contribution < -0.4 is 5.32 Å². The van der Waals surface area contributed by atoms with Crippen LogP contribution in [0.2, 0.25) is 0 Å². The zero-order valence-electron chi connectivity index (χ0n) is 11.5. The average molecular weight is 281 g/mol. The van der Waals surface area contributed by atoms with Gasteiger partial charge in [0, 0.05) is 33.9 Å². The number of ether oxygens (including phenoxy) is 2. The van der Waals surface area contributed by atoms with Gasteiger partial charge in [-0.3, -0.25) is 4.79 Å². The topological polar surface area (TPSA) is 50.8 Å². The van der Waals surface area contributed by atoms with E-state index in [1.54, 1.807) is 14.2 Å². The lowest BCUT2D eigenvalue weighted by molar-refractivity contribution is -0.141. The van der Waals surface area contributed by atoms with Crippen molar-refractivity contribution >= 4 is 18.3 Å². The van der Waals surface area contributed by atoms with Crippen LogP contribution in [0.5, 0.6) is 0 Å². The first-order valence-corrected chi connectivity index (χ1v) is 6.12. The van der Waals surface area contributed by atoms with E-state index in [4.69, 9.17) is 9.47 Å². The second-order valence-corrected chi connectivity index (χ2v) is 4.77. The quantitative estimate of drug-likeness (QED) is 0.739. The molecule has 0 aromatic carbocycles. The Morgan fingerprint density at radius 3 is 2.22 bits per heavy atom. The predicted octanol–water partition coefficient (Wildman–Crippen LogP) is 0.529. The molecular formula is C12H25ClN2O3. The Morgan fingerprint density at radius 1 is 1.28 bits per heavy atom. The number of hydrogen-bond donors (Lipinski definition) is 1. The number of rotatable bonds is 7. The van der Waals surface area contributed by atoms with Crippen LogP contribution in [-0.4, -0.2) is 64.4 Å². The second-order valence-electron chi connectivity index (χ2n) is 4.77. The number of carbonyl (C=O) groups is 1. The van der Waals surface area contributed by atoms with Crippen LogP contribution in [0.1, 0.15) is 13.3 Å². The Bertz CT molecular complexity index is 237. The van der Waals surface area contributed by atoms with Gasteiger partial charge in [-0.05, 0) is 19.9 Å². The molecule has 1 rings (SSSR count). The molecule has 0 aliphatic carbocycles. The Hall–Kier alpha value is -0.360. The van der Waals surface area contributed by atoms with Gasteiger partial charge in [0.25, 0.3) is 0 Å². The lowest BCUT2D eigenvalue weighted by Gasteiger charge is -2.31. The van der Waals surface area contributed by atoms with Crippen LogP contribution in [0.4, 0.5) is 0 Å². The van der Waals surface area contributed by atoms with E-state index in [2.05, 4.69) is 5.32 Å². The molecule has 0 aromatic rings. The first kappa shape index (κ1) is 17.6. The Kier molecular flexibility index (Phi) is 8.52. The molecule has 0 bridgehead atoms. The smallest absolute Gasteiger partial charge is 0.230 e. The zero-order chi connectivity index (χ0) is 12.7. The number of nitrogens with one attached hydrogen (secondary N) is 1. The summed E-state index contributed by atoms with van der Waals surface area (Å²) < 4.78 is 10.1. The predicted molar refractivity (Wildman–Crippen MR) is 73.2 cm³/mol. The molecule has 1 N–H and O–H groups in total. The van der Waals surface area contributed by atoms with Crippen LogP contribution in [-0.2, 0) is 14.3 Å². The molecule has 0 saturated carbocycles. The lowest BCUT2D eigenvalue weighted by Crippen LogP contribution is -2.46. The first-order valence-electron chi connectivity index (χ1n) is 6.12. The van der Waals surface area contributed by atoms with Crippen molar-refractivity contribution in [2.24, 2.45) is 5.41 Å². The van der Waals surface area contributed by atoms with Crippen molar-refractivity contribution < 1.29 is 14.3 Å². The summed E-state index contributed by atoms with van der Waals surface area (Å²) in [5.41, 5.74) is -0.262. The highest BCUT2D eigenvalue weighted by atomic mass is 35.5. The van der Waals surface area contributed by atoms with E-state index >= 15 is 0 Å². The Labute approximate surface area is 116 Å². The molecule has 1 fully saturated rings. The molecule has 1 heterocycles. The minimum Gasteiger partial charge on any atom is -0.383 e. The molecule has 1 saturated heterocycles. The van der Waals surface area contributed by atoms with Crippen LogP contribution in [0, 0.1) is 5.41 Å². The molecule has 6 heteroatoms. The van der Waals surface area contributed by atoms with E-state index < -0.39 is 0 Å². The third-order valence-electron chi connectivity index (χ3n) is 3.30. The standard InChI is InChI=1S/C12H24N2O3.ClH/c1-12(4-5-13-10-12)11(15)14(6-8-16-2)7-9-17-3;/h13H,4-10H2,1-3H3;1H. The molecule has 18 heavy (non-hydrogen) atoms. The lowest BCUT2D eigenvalue weighted by atomic mass is 9.88. The fraction of sp³-hybridized carbons (Fsp3) is 0.917. The van der Waals surface area contributed by atoms with Gasteiger partial charge in [0.1, 0.15) is 0 Å². The summed E-state index contributed by atoms with van der Waals surface area (Å²) in [5.74, 6) is 0.205. The molecule has 0 aromatic heterocycles. The Balaban J connectivity index is 0.00000289. The van der Waals surface area contributed by atoms with E-state index in [1.165, 1.54) is 0 Å². The molecule has 1 amide bonds. The normalized spacial score (nSPS) is 22.6. The molecule has 1 aliphatic heterocycles. The minimum atomic E-state index is -0.262. The summed E-state index contributed by atoms with van der Waals surface area (Å²) in [4.78, 5) is 14.3. The van der Waals surface area contributed by atoms with Gasteiger partial charge in [-0.15, -0.1) is 12.4 Å². The van der Waals surface area contributed by atoms with Gasteiger partial charge >= 0.3 is 0 Å². The van der Waals surface area contributed by atoms with Crippen LogP contribution in [0.3, 0.4) is 0 Å². The van der Waals surface area contributed by atoms with Crippen LogP contribution in [0.15, 0.2) is 0 Å². The van der Waals surface area contributed by atoms with Gasteiger partial charge in [-0.1, -0.05) is 0 Å². The summed E-state index contributed by atoms with van der Waals surface area (Å²) in [7, 11) is 3.30. The van der Waals surface area contributed by atoms with E-state index in [9.17, 15) is 4.79 Å². The Morgan fingerprint density at radius 2 is 1.83 bits per heavy atom. The maximum Gasteiger partial charge on any atom is 0.230 e. The molecular weight excluding hydrogens is 256 g/mol. The molecule has 1 aliphatic rings. The van der Waals surface area contributed by atoms with Crippen molar-refractivity contribution in [3.05, 3.63) is 0 Å². The summed E-state index contributed by atoms with van der Waals surface area (Å²) in [6.07, 6.45) is 0.905. The van der Waals surface area contributed by atoms with Gasteiger partial charge in [0.2, 0.25) is 5.91 Å². The molecule has 1 unspecified atom stereocenters. The summed E-state index contributed by atoms with van der Waals surface area (Å²) in [6, 6.07) is 0. The third-order valence-corrected chi connectivity index (χ3v) is 3.30. The molecule has 0 spiro atoms. The van der Waals surface area contributed by atoms with Crippen molar-refractivity contribution in [2.75, 3.05) is 53.6 Å². The molecule has 5 nitrogen and oxygen atoms in total. The zero-order valence-corrected chi connectivity index (χ0v) is 12.3. The number of methoxy groups -OCH3 is 2. The molecule has 0 radical (unpaired) electrons. The summed E-state index contributed by atoms with van der Waals surface area (Å²) in [5, 5.41) is 3.25. The average Bonchev–Trinajstić information content (AvgIpc) is 2.77. The van der Waals surface area contributed by atoms with Gasteiger partial charge in [0.15, 0.2) is 0 Å². The number of halogens is 1. The monoisotopic (exact) mass is 280 g/mol. The van der Waals surface area contributed by atoms with Crippen molar-refractivity contribution in [1.82, 2.24) is 10.2 Å². The maximum absolute atomic E-state index is 12.5. The van der Waals surface area contributed by atoms with Gasteiger partial charge in [0.05, 0.1) is 18.6 Å². The van der Waals surface area contributed by atoms with Crippen LogP contribution in [0.25, 0.3) is 0 Å². The second kappa shape index (κ2) is 8.69. The van der Waals surface area contributed by atoms with Crippen molar-refractivity contribution in [2.45, 2.75) is 13.3 Å². The summed E-state index contributed by atoms with van der Waals surface area (Å²) >= 11 is 0. The maximum atomic E-state index is 12.5. The van der Waals surface area contributed by atoms with Crippen molar-refractivity contribution in [1.29, 1.82) is 0 Å². The number of amides is 1. The van der Waals surface area contributed by atoms with E-state index in [0.29, 0.717) is 26.3 Å². The minimum absolute atomic E-state index is 0.